The number of hydrogen-bond donors (Lipinski definition) is 2. The lowest BCUT2D eigenvalue weighted by Gasteiger charge is -2.36. The second-order valence-corrected chi connectivity index (χ2v) is 4.94. The molecule has 1 aromatic rings. The summed E-state index contributed by atoms with van der Waals surface area (Å²) >= 11 is 0. The number of benzene rings is 1. The van der Waals surface area contributed by atoms with Crippen molar-refractivity contribution in [3.05, 3.63) is 24.0 Å². The first-order chi connectivity index (χ1) is 8.48. The van der Waals surface area contributed by atoms with Crippen LogP contribution in [0.15, 0.2) is 18.2 Å². The van der Waals surface area contributed by atoms with Crippen LogP contribution in [0, 0.1) is 5.82 Å². The van der Waals surface area contributed by atoms with Gasteiger partial charge in [0.1, 0.15) is 5.82 Å². The van der Waals surface area contributed by atoms with Gasteiger partial charge in [-0.05, 0) is 18.2 Å². The molecule has 2 rings (SSSR count). The highest BCUT2D eigenvalue weighted by molar-refractivity contribution is 5.56. The van der Waals surface area contributed by atoms with E-state index in [2.05, 4.69) is 0 Å². The summed E-state index contributed by atoms with van der Waals surface area (Å²) in [6, 6.07) is 4.39. The Morgan fingerprint density at radius 1 is 1.39 bits per heavy atom. The molecule has 0 aliphatic carbocycles. The number of rotatable bonds is 3. The average Bonchev–Trinajstić information content (AvgIpc) is 2.28. The molecule has 1 heterocycles. The highest BCUT2D eigenvalue weighted by Crippen LogP contribution is 2.25. The van der Waals surface area contributed by atoms with Crippen molar-refractivity contribution in [2.45, 2.75) is 18.4 Å². The van der Waals surface area contributed by atoms with E-state index in [1.165, 1.54) is 12.1 Å². The highest BCUT2D eigenvalue weighted by atomic mass is 19.1. The molecule has 0 saturated carbocycles. The van der Waals surface area contributed by atoms with E-state index < -0.39 is 5.60 Å². The van der Waals surface area contributed by atoms with Crippen LogP contribution >= 0.6 is 0 Å². The Morgan fingerprint density at radius 3 is 2.67 bits per heavy atom. The minimum absolute atomic E-state index is 0.365. The summed E-state index contributed by atoms with van der Waals surface area (Å²) in [7, 11) is 1.82. The number of likely N-dealkylation sites (N-methyl/N-ethyl adjacent to an activating group) is 1. The second-order valence-electron chi connectivity index (χ2n) is 4.94. The zero-order valence-electron chi connectivity index (χ0n) is 10.5. The van der Waals surface area contributed by atoms with Crippen molar-refractivity contribution in [3.8, 4) is 0 Å². The molecule has 1 fully saturated rings. The number of nitrogens with zero attached hydrogens (tertiary/aromatic N) is 1. The average molecular weight is 254 g/mol. The predicted octanol–water partition coefficient (Wildman–Crippen LogP) is 1.39. The summed E-state index contributed by atoms with van der Waals surface area (Å²) in [4.78, 5) is 1.82. The number of hydrogen-bond acceptors (Lipinski definition) is 4. The molecule has 0 aromatic heterocycles. The molecule has 3 N–H and O–H groups in total. The van der Waals surface area contributed by atoms with Crippen LogP contribution in [0.25, 0.3) is 0 Å². The van der Waals surface area contributed by atoms with Crippen LogP contribution in [-0.4, -0.2) is 37.5 Å². The van der Waals surface area contributed by atoms with Crippen molar-refractivity contribution < 1.29 is 14.2 Å². The Hall–Kier alpha value is -1.33. The molecular formula is C13H19FN2O2. The molecule has 5 heteroatoms. The first kappa shape index (κ1) is 13.1. The molecule has 0 radical (unpaired) electrons. The fourth-order valence-corrected chi connectivity index (χ4v) is 2.26. The summed E-state index contributed by atoms with van der Waals surface area (Å²) in [5, 5.41) is 10.4. The summed E-state index contributed by atoms with van der Waals surface area (Å²) in [6.45, 7) is 1.57. The van der Waals surface area contributed by atoms with E-state index >= 15 is 0 Å². The molecule has 0 amide bonds. The van der Waals surface area contributed by atoms with Gasteiger partial charge in [0, 0.05) is 51.0 Å². The SMILES string of the molecule is CN(CC1(O)CCOCC1)c1cc(N)cc(F)c1. The monoisotopic (exact) mass is 254 g/mol. The lowest BCUT2D eigenvalue weighted by Crippen LogP contribution is -2.45. The smallest absolute Gasteiger partial charge is 0.127 e. The Bertz CT molecular complexity index is 399. The van der Waals surface area contributed by atoms with Crippen molar-refractivity contribution in [2.24, 2.45) is 0 Å². The molecule has 1 aliphatic rings. The van der Waals surface area contributed by atoms with Crippen LogP contribution in [-0.2, 0) is 4.74 Å². The normalized spacial score (nSPS) is 18.6. The molecule has 1 aliphatic heterocycles. The first-order valence-corrected chi connectivity index (χ1v) is 6.06. The maximum Gasteiger partial charge on any atom is 0.127 e. The maximum absolute atomic E-state index is 13.3. The van der Waals surface area contributed by atoms with Crippen LogP contribution < -0.4 is 10.6 Å². The molecule has 1 saturated heterocycles. The maximum atomic E-state index is 13.3. The number of nitrogen functional groups attached to an aromatic ring is 1. The molecular weight excluding hydrogens is 235 g/mol. The second kappa shape index (κ2) is 5.12. The molecule has 18 heavy (non-hydrogen) atoms. The number of anilines is 2. The zero-order chi connectivity index (χ0) is 13.2. The van der Waals surface area contributed by atoms with Gasteiger partial charge in [0.05, 0.1) is 5.60 Å². The highest BCUT2D eigenvalue weighted by Gasteiger charge is 2.31. The lowest BCUT2D eigenvalue weighted by molar-refractivity contribution is -0.0572. The van der Waals surface area contributed by atoms with Crippen LogP contribution in [0.2, 0.25) is 0 Å². The third-order valence-corrected chi connectivity index (χ3v) is 3.30. The van der Waals surface area contributed by atoms with Crippen molar-refractivity contribution >= 4 is 11.4 Å². The third kappa shape index (κ3) is 3.11. The van der Waals surface area contributed by atoms with Gasteiger partial charge in [-0.25, -0.2) is 4.39 Å². The number of nitrogens with two attached hydrogens (primary N) is 1. The summed E-state index contributed by atoms with van der Waals surface area (Å²) in [6.07, 6.45) is 1.20. The van der Waals surface area contributed by atoms with Crippen molar-refractivity contribution in [1.29, 1.82) is 0 Å². The molecule has 100 valence electrons. The van der Waals surface area contributed by atoms with E-state index in [0.29, 0.717) is 44.0 Å². The van der Waals surface area contributed by atoms with Gasteiger partial charge < -0.3 is 20.5 Å². The minimum atomic E-state index is -0.770. The summed E-state index contributed by atoms with van der Waals surface area (Å²) in [5.41, 5.74) is 5.90. The predicted molar refractivity (Wildman–Crippen MR) is 69.1 cm³/mol. The zero-order valence-corrected chi connectivity index (χ0v) is 10.5. The molecule has 0 bridgehead atoms. The number of aliphatic hydroxyl groups is 1. The van der Waals surface area contributed by atoms with Gasteiger partial charge in [-0.1, -0.05) is 0 Å². The van der Waals surface area contributed by atoms with Crippen LogP contribution in [0.3, 0.4) is 0 Å². The lowest BCUT2D eigenvalue weighted by atomic mass is 9.94. The Kier molecular flexibility index (Phi) is 3.73. The quantitative estimate of drug-likeness (QED) is 0.800. The number of ether oxygens (including phenoxy) is 1. The molecule has 0 atom stereocenters. The fourth-order valence-electron chi connectivity index (χ4n) is 2.26. The summed E-state index contributed by atoms with van der Waals surface area (Å²) in [5.74, 6) is -0.365. The van der Waals surface area contributed by atoms with E-state index in [1.54, 1.807) is 6.07 Å². The Balaban J connectivity index is 2.08. The van der Waals surface area contributed by atoms with Crippen molar-refractivity contribution in [2.75, 3.05) is 37.4 Å². The van der Waals surface area contributed by atoms with Crippen molar-refractivity contribution in [1.82, 2.24) is 0 Å². The van der Waals surface area contributed by atoms with Gasteiger partial charge in [0.2, 0.25) is 0 Å². The van der Waals surface area contributed by atoms with Gasteiger partial charge in [-0.3, -0.25) is 0 Å². The van der Waals surface area contributed by atoms with Gasteiger partial charge in [-0.2, -0.15) is 0 Å². The van der Waals surface area contributed by atoms with Crippen LogP contribution in [0.5, 0.6) is 0 Å². The molecule has 0 spiro atoms. The van der Waals surface area contributed by atoms with Gasteiger partial charge in [-0.15, -0.1) is 0 Å². The van der Waals surface area contributed by atoms with Crippen LogP contribution in [0.1, 0.15) is 12.8 Å². The standard InChI is InChI=1S/C13H19FN2O2/c1-16(9-13(17)2-4-18-5-3-13)12-7-10(14)6-11(15)8-12/h6-8,17H,2-5,9,15H2,1H3. The van der Waals surface area contributed by atoms with E-state index in [9.17, 15) is 9.50 Å². The van der Waals surface area contributed by atoms with Gasteiger partial charge >= 0.3 is 0 Å². The van der Waals surface area contributed by atoms with E-state index in [1.807, 2.05) is 11.9 Å². The van der Waals surface area contributed by atoms with Crippen LogP contribution in [0.4, 0.5) is 15.8 Å². The first-order valence-electron chi connectivity index (χ1n) is 6.06. The summed E-state index contributed by atoms with van der Waals surface area (Å²) < 4.78 is 18.5. The largest absolute Gasteiger partial charge is 0.399 e. The van der Waals surface area contributed by atoms with Crippen molar-refractivity contribution in [3.63, 3.8) is 0 Å². The van der Waals surface area contributed by atoms with Gasteiger partial charge in [0.15, 0.2) is 0 Å². The molecule has 4 nitrogen and oxygen atoms in total. The topological polar surface area (TPSA) is 58.7 Å². The third-order valence-electron chi connectivity index (χ3n) is 3.30. The van der Waals surface area contributed by atoms with E-state index in [0.717, 1.165) is 0 Å². The molecule has 1 aromatic carbocycles. The van der Waals surface area contributed by atoms with E-state index in [4.69, 9.17) is 10.5 Å². The number of halogens is 1. The molecule has 0 unspecified atom stereocenters. The van der Waals surface area contributed by atoms with Gasteiger partial charge in [0.25, 0.3) is 0 Å². The Morgan fingerprint density at radius 2 is 2.06 bits per heavy atom. The minimum Gasteiger partial charge on any atom is -0.399 e. The fraction of sp³-hybridized carbons (Fsp3) is 0.538. The van der Waals surface area contributed by atoms with E-state index in [-0.39, 0.29) is 5.82 Å². The Labute approximate surface area is 106 Å².